The first-order chi connectivity index (χ1) is 8.65. The zero-order chi connectivity index (χ0) is 13.4. The van der Waals surface area contributed by atoms with Gasteiger partial charge in [0.15, 0.2) is 0 Å². The molecule has 0 bridgehead atoms. The Bertz CT molecular complexity index is 363. The Balaban J connectivity index is 2.37. The van der Waals surface area contributed by atoms with Crippen molar-refractivity contribution in [3.8, 4) is 0 Å². The van der Waals surface area contributed by atoms with Crippen molar-refractivity contribution in [1.82, 2.24) is 5.32 Å². The predicted molar refractivity (Wildman–Crippen MR) is 73.7 cm³/mol. The summed E-state index contributed by atoms with van der Waals surface area (Å²) in [5.41, 5.74) is 1.24. The van der Waals surface area contributed by atoms with Gasteiger partial charge in [-0.2, -0.15) is 0 Å². The van der Waals surface area contributed by atoms with Gasteiger partial charge in [-0.25, -0.2) is 0 Å². The summed E-state index contributed by atoms with van der Waals surface area (Å²) in [4.78, 5) is 10.2. The molecule has 4 heteroatoms. The van der Waals surface area contributed by atoms with Crippen molar-refractivity contribution in [2.75, 3.05) is 6.54 Å². The maximum atomic E-state index is 10.5. The van der Waals surface area contributed by atoms with Gasteiger partial charge in [-0.05, 0) is 25.5 Å². The molecule has 0 heterocycles. The molecule has 1 unspecified atom stereocenters. The fourth-order valence-electron chi connectivity index (χ4n) is 1.87. The zero-order valence-corrected chi connectivity index (χ0v) is 11.2. The number of non-ortho nitro benzene ring substituents is 1. The SMILES string of the molecule is CCCCCCNC(C)c1ccc([N+](=O)[O-])cc1. The molecule has 0 amide bonds. The highest BCUT2D eigenvalue weighted by Crippen LogP contribution is 2.17. The number of nitrogens with one attached hydrogen (secondary N) is 1. The third kappa shape index (κ3) is 4.84. The fraction of sp³-hybridized carbons (Fsp3) is 0.571. The lowest BCUT2D eigenvalue weighted by Gasteiger charge is -2.13. The molecular weight excluding hydrogens is 228 g/mol. The molecule has 18 heavy (non-hydrogen) atoms. The summed E-state index contributed by atoms with van der Waals surface area (Å²) < 4.78 is 0. The first-order valence-corrected chi connectivity index (χ1v) is 6.63. The normalized spacial score (nSPS) is 12.3. The molecular formula is C14H22N2O2. The first kappa shape index (κ1) is 14.6. The van der Waals surface area contributed by atoms with Gasteiger partial charge in [0.05, 0.1) is 4.92 Å². The van der Waals surface area contributed by atoms with Crippen LogP contribution in [0, 0.1) is 10.1 Å². The summed E-state index contributed by atoms with van der Waals surface area (Å²) >= 11 is 0. The van der Waals surface area contributed by atoms with Crippen LogP contribution in [0.5, 0.6) is 0 Å². The van der Waals surface area contributed by atoms with E-state index < -0.39 is 0 Å². The Kier molecular flexibility index (Phi) is 6.36. The van der Waals surface area contributed by atoms with Gasteiger partial charge in [0.1, 0.15) is 0 Å². The molecule has 1 atom stereocenters. The molecule has 0 saturated carbocycles. The van der Waals surface area contributed by atoms with Crippen LogP contribution >= 0.6 is 0 Å². The second kappa shape index (κ2) is 7.82. The number of nitrogens with zero attached hydrogens (tertiary/aromatic N) is 1. The molecule has 1 aromatic carbocycles. The summed E-state index contributed by atoms with van der Waals surface area (Å²) in [6.45, 7) is 5.28. The summed E-state index contributed by atoms with van der Waals surface area (Å²) in [5, 5.41) is 14.0. The number of hydrogen-bond acceptors (Lipinski definition) is 3. The largest absolute Gasteiger partial charge is 0.310 e. The maximum Gasteiger partial charge on any atom is 0.269 e. The predicted octanol–water partition coefficient (Wildman–Crippen LogP) is 3.83. The average molecular weight is 250 g/mol. The zero-order valence-electron chi connectivity index (χ0n) is 11.2. The summed E-state index contributed by atoms with van der Waals surface area (Å²) in [5.74, 6) is 0. The van der Waals surface area contributed by atoms with Gasteiger partial charge in [-0.3, -0.25) is 10.1 Å². The van der Waals surface area contributed by atoms with Crippen LogP contribution in [-0.2, 0) is 0 Å². The van der Waals surface area contributed by atoms with Gasteiger partial charge in [-0.1, -0.05) is 38.3 Å². The van der Waals surface area contributed by atoms with Crippen LogP contribution in [-0.4, -0.2) is 11.5 Å². The molecule has 0 radical (unpaired) electrons. The van der Waals surface area contributed by atoms with Crippen LogP contribution in [0.15, 0.2) is 24.3 Å². The van der Waals surface area contributed by atoms with Gasteiger partial charge >= 0.3 is 0 Å². The standard InChI is InChI=1S/C14H22N2O2/c1-3-4-5-6-11-15-12(2)13-7-9-14(10-8-13)16(17)18/h7-10,12,15H,3-6,11H2,1-2H3. The lowest BCUT2D eigenvalue weighted by atomic mass is 10.1. The van der Waals surface area contributed by atoms with E-state index in [1.807, 2.05) is 12.1 Å². The minimum atomic E-state index is -0.368. The van der Waals surface area contributed by atoms with E-state index in [4.69, 9.17) is 0 Å². The highest BCUT2D eigenvalue weighted by Gasteiger charge is 2.08. The Labute approximate surface area is 109 Å². The second-order valence-electron chi connectivity index (χ2n) is 4.59. The van der Waals surface area contributed by atoms with E-state index in [0.29, 0.717) is 0 Å². The molecule has 0 fully saturated rings. The van der Waals surface area contributed by atoms with Crippen molar-refractivity contribution in [1.29, 1.82) is 0 Å². The third-order valence-corrected chi connectivity index (χ3v) is 3.08. The number of nitro benzene ring substituents is 1. The average Bonchev–Trinajstić information content (AvgIpc) is 2.38. The van der Waals surface area contributed by atoms with Crippen molar-refractivity contribution in [2.45, 2.75) is 45.6 Å². The topological polar surface area (TPSA) is 55.2 Å². The summed E-state index contributed by atoms with van der Waals surface area (Å²) in [6, 6.07) is 7.01. The van der Waals surface area contributed by atoms with Gasteiger partial charge < -0.3 is 5.32 Å². The molecule has 4 nitrogen and oxygen atoms in total. The summed E-state index contributed by atoms with van der Waals surface area (Å²) in [6.07, 6.45) is 4.98. The van der Waals surface area contributed by atoms with Crippen LogP contribution in [0.4, 0.5) is 5.69 Å². The van der Waals surface area contributed by atoms with Gasteiger partial charge in [0.2, 0.25) is 0 Å². The van der Waals surface area contributed by atoms with Crippen LogP contribution < -0.4 is 5.32 Å². The third-order valence-electron chi connectivity index (χ3n) is 3.08. The number of hydrogen-bond donors (Lipinski definition) is 1. The van der Waals surface area contributed by atoms with Gasteiger partial charge in [0.25, 0.3) is 5.69 Å². The highest BCUT2D eigenvalue weighted by molar-refractivity contribution is 5.33. The molecule has 0 spiro atoms. The molecule has 0 aliphatic heterocycles. The minimum Gasteiger partial charge on any atom is -0.310 e. The Morgan fingerprint density at radius 2 is 1.89 bits per heavy atom. The van der Waals surface area contributed by atoms with Crippen LogP contribution in [0.2, 0.25) is 0 Å². The summed E-state index contributed by atoms with van der Waals surface area (Å²) in [7, 11) is 0. The maximum absolute atomic E-state index is 10.5. The van der Waals surface area contributed by atoms with E-state index in [2.05, 4.69) is 19.2 Å². The number of benzene rings is 1. The van der Waals surface area contributed by atoms with E-state index in [-0.39, 0.29) is 16.7 Å². The number of unbranched alkanes of at least 4 members (excludes halogenated alkanes) is 3. The molecule has 1 aromatic rings. The molecule has 0 aliphatic carbocycles. The quantitative estimate of drug-likeness (QED) is 0.433. The van der Waals surface area contributed by atoms with Gasteiger partial charge in [0, 0.05) is 18.2 Å². The lowest BCUT2D eigenvalue weighted by molar-refractivity contribution is -0.384. The lowest BCUT2D eigenvalue weighted by Crippen LogP contribution is -2.19. The van der Waals surface area contributed by atoms with Crippen LogP contribution in [0.3, 0.4) is 0 Å². The number of rotatable bonds is 8. The molecule has 1 N–H and O–H groups in total. The van der Waals surface area contributed by atoms with Crippen LogP contribution in [0.1, 0.15) is 51.1 Å². The second-order valence-corrected chi connectivity index (χ2v) is 4.59. The van der Waals surface area contributed by atoms with Crippen molar-refractivity contribution in [3.63, 3.8) is 0 Å². The van der Waals surface area contributed by atoms with Crippen molar-refractivity contribution >= 4 is 5.69 Å². The Morgan fingerprint density at radius 3 is 2.44 bits per heavy atom. The van der Waals surface area contributed by atoms with E-state index in [9.17, 15) is 10.1 Å². The monoisotopic (exact) mass is 250 g/mol. The molecule has 100 valence electrons. The van der Waals surface area contributed by atoms with E-state index in [1.165, 1.54) is 25.7 Å². The van der Waals surface area contributed by atoms with Crippen LogP contribution in [0.25, 0.3) is 0 Å². The van der Waals surface area contributed by atoms with Crippen molar-refractivity contribution in [3.05, 3.63) is 39.9 Å². The van der Waals surface area contributed by atoms with Crippen molar-refractivity contribution < 1.29 is 4.92 Å². The Morgan fingerprint density at radius 1 is 1.22 bits per heavy atom. The highest BCUT2D eigenvalue weighted by atomic mass is 16.6. The molecule has 0 aromatic heterocycles. The fourth-order valence-corrected chi connectivity index (χ4v) is 1.87. The molecule has 0 saturated heterocycles. The van der Waals surface area contributed by atoms with Crippen molar-refractivity contribution in [2.24, 2.45) is 0 Å². The molecule has 0 aliphatic rings. The van der Waals surface area contributed by atoms with E-state index in [1.54, 1.807) is 12.1 Å². The molecule has 1 rings (SSSR count). The van der Waals surface area contributed by atoms with E-state index in [0.717, 1.165) is 12.1 Å². The minimum absolute atomic E-state index is 0.147. The smallest absolute Gasteiger partial charge is 0.269 e. The number of nitro groups is 1. The first-order valence-electron chi connectivity index (χ1n) is 6.63. The van der Waals surface area contributed by atoms with E-state index >= 15 is 0 Å². The van der Waals surface area contributed by atoms with Gasteiger partial charge in [-0.15, -0.1) is 0 Å². The Hall–Kier alpha value is -1.42.